The van der Waals surface area contributed by atoms with Crippen molar-refractivity contribution in [3.63, 3.8) is 0 Å². The van der Waals surface area contributed by atoms with Crippen molar-refractivity contribution in [1.82, 2.24) is 9.80 Å². The predicted molar refractivity (Wildman–Crippen MR) is 126 cm³/mol. The molecule has 2 fully saturated rings. The molecule has 2 rings (SSSR count). The highest BCUT2D eigenvalue weighted by Crippen LogP contribution is 2.61. The van der Waals surface area contributed by atoms with E-state index in [4.69, 9.17) is 0 Å². The highest BCUT2D eigenvalue weighted by Gasteiger charge is 2.86. The van der Waals surface area contributed by atoms with Gasteiger partial charge in [0.1, 0.15) is 12.1 Å². The highest BCUT2D eigenvalue weighted by atomic mass is 15.9. The van der Waals surface area contributed by atoms with E-state index in [1.807, 2.05) is 0 Å². The van der Waals surface area contributed by atoms with Crippen LogP contribution in [0.15, 0.2) is 0 Å². The molecule has 2 heterocycles. The summed E-state index contributed by atoms with van der Waals surface area (Å²) in [6.45, 7) is 41.6. The number of hydrogen-bond acceptors (Lipinski definition) is 2. The Labute approximate surface area is 183 Å². The van der Waals surface area contributed by atoms with Gasteiger partial charge in [0.05, 0.1) is 38.3 Å². The average molecular weight is 411 g/mol. The molecule has 4 nitrogen and oxygen atoms in total. The topological polar surface area (TPSA) is 6.48 Å². The minimum atomic E-state index is -0.0729. The Balaban J connectivity index is 3.14. The van der Waals surface area contributed by atoms with Crippen molar-refractivity contribution in [2.45, 2.75) is 125 Å². The SMILES string of the molecule is CC[N+]1(CC)CC(C)(C)N(C(C)(C)C)C12N(C(C)(C)C)CC(C)(C)[N+]2(CC)CC. The molecule has 0 radical (unpaired) electrons. The third-order valence-electron chi connectivity index (χ3n) is 8.64. The van der Waals surface area contributed by atoms with E-state index in [0.717, 1.165) is 15.5 Å². The molecular formula is C25H54N4+2. The quantitative estimate of drug-likeness (QED) is 0.595. The molecule has 0 N–H and O–H groups in total. The van der Waals surface area contributed by atoms with E-state index >= 15 is 0 Å². The van der Waals surface area contributed by atoms with Gasteiger partial charge in [-0.2, -0.15) is 9.80 Å². The smallest absolute Gasteiger partial charge is 0.241 e. The molecule has 0 saturated carbocycles. The van der Waals surface area contributed by atoms with Crippen LogP contribution >= 0.6 is 0 Å². The standard InChI is InChI=1S/C25H54N4/c1-15-28(16-2)20-23(11,12)27(22(8,9)10)25(28)26(21(5,6)7)19-24(13,14)29(25,17-3)18-4/h15-20H2,1-14H3/q+2. The lowest BCUT2D eigenvalue weighted by Crippen LogP contribution is -2.88. The average Bonchev–Trinajstić information content (AvgIpc) is 2.90. The van der Waals surface area contributed by atoms with Crippen molar-refractivity contribution in [1.29, 1.82) is 0 Å². The summed E-state index contributed by atoms with van der Waals surface area (Å²) in [4.78, 5) is 5.92. The normalized spacial score (nSPS) is 31.7. The van der Waals surface area contributed by atoms with Crippen LogP contribution in [0.5, 0.6) is 0 Å². The van der Waals surface area contributed by atoms with Gasteiger partial charge in [-0.1, -0.05) is 0 Å². The molecule has 0 aliphatic carbocycles. The molecule has 2 aliphatic rings. The van der Waals surface area contributed by atoms with Crippen molar-refractivity contribution in [3.05, 3.63) is 0 Å². The first-order valence-electron chi connectivity index (χ1n) is 12.2. The molecule has 0 aromatic heterocycles. The molecule has 0 aromatic rings. The van der Waals surface area contributed by atoms with Crippen LogP contribution in [0.25, 0.3) is 0 Å². The zero-order valence-corrected chi connectivity index (χ0v) is 22.5. The summed E-state index contributed by atoms with van der Waals surface area (Å²) in [5.74, 6) is -0.0729. The summed E-state index contributed by atoms with van der Waals surface area (Å²) >= 11 is 0. The Morgan fingerprint density at radius 2 is 1.17 bits per heavy atom. The maximum atomic E-state index is 2.98. The molecule has 4 heteroatoms. The molecule has 1 spiro atoms. The second-order valence-corrected chi connectivity index (χ2v) is 13.0. The van der Waals surface area contributed by atoms with E-state index in [1.54, 1.807) is 0 Å². The van der Waals surface area contributed by atoms with Crippen LogP contribution in [0.2, 0.25) is 0 Å². The summed E-state index contributed by atoms with van der Waals surface area (Å²) in [5.41, 5.74) is 0.488. The van der Waals surface area contributed by atoms with E-state index in [2.05, 4.69) is 107 Å². The largest absolute Gasteiger partial charge is 0.358 e. The summed E-state index contributed by atoms with van der Waals surface area (Å²) < 4.78 is 2.29. The number of quaternary nitrogens is 2. The summed E-state index contributed by atoms with van der Waals surface area (Å²) in [6, 6.07) is 0. The number of rotatable bonds is 4. The van der Waals surface area contributed by atoms with Crippen LogP contribution in [0.1, 0.15) is 96.9 Å². The van der Waals surface area contributed by atoms with E-state index in [1.165, 1.54) is 32.7 Å². The second-order valence-electron chi connectivity index (χ2n) is 13.0. The van der Waals surface area contributed by atoms with Crippen LogP contribution in [0.4, 0.5) is 0 Å². The van der Waals surface area contributed by atoms with Gasteiger partial charge in [0, 0.05) is 11.1 Å². The lowest BCUT2D eigenvalue weighted by Gasteiger charge is -2.63. The first kappa shape index (κ1) is 25.1. The number of likely N-dealkylation sites (N-methyl/N-ethyl adjacent to an activating group) is 2. The van der Waals surface area contributed by atoms with Gasteiger partial charge in [-0.05, 0) is 96.9 Å². The maximum absolute atomic E-state index is 2.98. The lowest BCUT2D eigenvalue weighted by molar-refractivity contribution is -1.19. The zero-order valence-electron chi connectivity index (χ0n) is 22.5. The van der Waals surface area contributed by atoms with Crippen molar-refractivity contribution in [2.75, 3.05) is 39.3 Å². The van der Waals surface area contributed by atoms with Crippen molar-refractivity contribution in [2.24, 2.45) is 0 Å². The molecule has 0 bridgehead atoms. The minimum absolute atomic E-state index is 0.0729. The fraction of sp³-hybridized carbons (Fsp3) is 1.00. The van der Waals surface area contributed by atoms with Gasteiger partial charge in [0.25, 0.3) is 0 Å². The fourth-order valence-electron chi connectivity index (χ4n) is 8.20. The summed E-state index contributed by atoms with van der Waals surface area (Å²) in [5, 5.41) is 0. The third kappa shape index (κ3) is 2.92. The van der Waals surface area contributed by atoms with Crippen LogP contribution in [-0.2, 0) is 0 Å². The van der Waals surface area contributed by atoms with Gasteiger partial charge in [0.15, 0.2) is 0 Å². The molecule has 1 atom stereocenters. The maximum Gasteiger partial charge on any atom is 0.358 e. The van der Waals surface area contributed by atoms with E-state index in [-0.39, 0.29) is 28.1 Å². The third-order valence-corrected chi connectivity index (χ3v) is 8.64. The molecule has 0 amide bonds. The van der Waals surface area contributed by atoms with Crippen molar-refractivity contribution >= 4 is 0 Å². The minimum Gasteiger partial charge on any atom is -0.241 e. The summed E-state index contributed by atoms with van der Waals surface area (Å²) in [6.07, 6.45) is 0. The van der Waals surface area contributed by atoms with Crippen LogP contribution in [0, 0.1) is 0 Å². The first-order chi connectivity index (χ1) is 12.9. The monoisotopic (exact) mass is 410 g/mol. The molecule has 29 heavy (non-hydrogen) atoms. The molecule has 1 unspecified atom stereocenters. The zero-order chi connectivity index (χ0) is 22.9. The second kappa shape index (κ2) is 6.92. The van der Waals surface area contributed by atoms with Gasteiger partial charge < -0.3 is 0 Å². The summed E-state index contributed by atoms with van der Waals surface area (Å²) in [7, 11) is 0. The molecular weight excluding hydrogens is 356 g/mol. The molecule has 2 aliphatic heterocycles. The number of nitrogens with zero attached hydrogens (tertiary/aromatic N) is 4. The van der Waals surface area contributed by atoms with Crippen LogP contribution in [-0.4, -0.2) is 86.1 Å². The predicted octanol–water partition coefficient (Wildman–Crippen LogP) is 5.10. The Morgan fingerprint density at radius 1 is 0.724 bits per heavy atom. The Hall–Kier alpha value is -0.160. The van der Waals surface area contributed by atoms with Gasteiger partial charge in [-0.15, -0.1) is 0 Å². The molecule has 0 aromatic carbocycles. The van der Waals surface area contributed by atoms with Gasteiger partial charge in [0.2, 0.25) is 0 Å². The number of hydrogen-bond donors (Lipinski definition) is 0. The van der Waals surface area contributed by atoms with Crippen LogP contribution < -0.4 is 0 Å². The van der Waals surface area contributed by atoms with E-state index in [0.29, 0.717) is 0 Å². The van der Waals surface area contributed by atoms with Crippen molar-refractivity contribution in [3.8, 4) is 0 Å². The van der Waals surface area contributed by atoms with E-state index < -0.39 is 0 Å². The fourth-order valence-corrected chi connectivity index (χ4v) is 8.20. The lowest BCUT2D eigenvalue weighted by atomic mass is 9.94. The Morgan fingerprint density at radius 3 is 1.48 bits per heavy atom. The highest BCUT2D eigenvalue weighted by molar-refractivity contribution is 5.08. The molecule has 172 valence electrons. The molecule has 2 saturated heterocycles. The van der Waals surface area contributed by atoms with E-state index in [9.17, 15) is 0 Å². The Kier molecular flexibility index (Phi) is 5.99. The van der Waals surface area contributed by atoms with Gasteiger partial charge in [-0.3, -0.25) is 0 Å². The van der Waals surface area contributed by atoms with Gasteiger partial charge >= 0.3 is 5.91 Å². The van der Waals surface area contributed by atoms with Gasteiger partial charge in [-0.25, -0.2) is 8.97 Å². The van der Waals surface area contributed by atoms with Crippen LogP contribution in [0.3, 0.4) is 0 Å². The Bertz CT molecular complexity index is 599. The first-order valence-corrected chi connectivity index (χ1v) is 12.2. The van der Waals surface area contributed by atoms with Crippen molar-refractivity contribution < 1.29 is 8.97 Å².